The van der Waals surface area contributed by atoms with E-state index in [9.17, 15) is 4.79 Å². The Balaban J connectivity index is 2.56. The Kier molecular flexibility index (Phi) is 2.01. The first-order chi connectivity index (χ1) is 4.75. The third-order valence-corrected chi connectivity index (χ3v) is 1.58. The Morgan fingerprint density at radius 1 is 1.80 bits per heavy atom. The van der Waals surface area contributed by atoms with E-state index >= 15 is 0 Å². The Hall–Kier alpha value is -0.900. The second-order valence-corrected chi connectivity index (χ2v) is 2.29. The molecule has 4 heteroatoms. The zero-order chi connectivity index (χ0) is 7.56. The van der Waals surface area contributed by atoms with Gasteiger partial charge in [-0.1, -0.05) is 0 Å². The molecule has 0 unspecified atom stereocenters. The summed E-state index contributed by atoms with van der Waals surface area (Å²) in [7, 11) is 0. The molecule has 0 spiro atoms. The van der Waals surface area contributed by atoms with Crippen LogP contribution in [0.1, 0.15) is 13.3 Å². The van der Waals surface area contributed by atoms with Gasteiger partial charge in [0.1, 0.15) is 0 Å². The number of aliphatic hydroxyl groups is 1. The molecule has 4 nitrogen and oxygen atoms in total. The molecule has 1 aliphatic rings. The van der Waals surface area contributed by atoms with Gasteiger partial charge in [0.25, 0.3) is 0 Å². The molecule has 1 heterocycles. The number of rotatable bonds is 2. The van der Waals surface area contributed by atoms with Crippen molar-refractivity contribution in [3.63, 3.8) is 0 Å². The third-order valence-electron chi connectivity index (χ3n) is 1.58. The van der Waals surface area contributed by atoms with E-state index < -0.39 is 0 Å². The molecule has 0 aromatic rings. The van der Waals surface area contributed by atoms with Crippen LogP contribution in [0.4, 0.5) is 0 Å². The largest absolute Gasteiger partial charge is 0.396 e. The summed E-state index contributed by atoms with van der Waals surface area (Å²) >= 11 is 0. The maximum Gasteiger partial charge on any atom is 0.249 e. The number of nitrogens with one attached hydrogen (secondary N) is 1. The quantitative estimate of drug-likeness (QED) is 0.545. The normalized spacial score (nSPS) is 24.4. The van der Waals surface area contributed by atoms with Crippen LogP contribution in [0.15, 0.2) is 5.10 Å². The zero-order valence-corrected chi connectivity index (χ0v) is 5.79. The molecule has 1 aliphatic heterocycles. The SMILES string of the molecule is CC1=NNC(=O)[C@@H]1CCO. The lowest BCUT2D eigenvalue weighted by Gasteiger charge is -2.02. The van der Waals surface area contributed by atoms with Crippen molar-refractivity contribution in [1.29, 1.82) is 0 Å². The number of nitrogens with zero attached hydrogens (tertiary/aromatic N) is 1. The molecule has 0 bridgehead atoms. The number of amides is 1. The van der Waals surface area contributed by atoms with Crippen molar-refractivity contribution in [1.82, 2.24) is 5.43 Å². The molecule has 1 atom stereocenters. The molecule has 0 saturated heterocycles. The topological polar surface area (TPSA) is 61.7 Å². The minimum absolute atomic E-state index is 0.0327. The van der Waals surface area contributed by atoms with Crippen LogP contribution in [0, 0.1) is 5.92 Å². The molecule has 0 aromatic carbocycles. The van der Waals surface area contributed by atoms with Crippen LogP contribution in [0.2, 0.25) is 0 Å². The van der Waals surface area contributed by atoms with Crippen molar-refractivity contribution < 1.29 is 9.90 Å². The van der Waals surface area contributed by atoms with E-state index in [4.69, 9.17) is 5.11 Å². The first-order valence-electron chi connectivity index (χ1n) is 3.20. The summed E-state index contributed by atoms with van der Waals surface area (Å²) in [5.74, 6) is -0.309. The molecular weight excluding hydrogens is 132 g/mol. The monoisotopic (exact) mass is 142 g/mol. The van der Waals surface area contributed by atoms with Crippen molar-refractivity contribution in [2.75, 3.05) is 6.61 Å². The van der Waals surface area contributed by atoms with Crippen molar-refractivity contribution in [3.8, 4) is 0 Å². The predicted octanol–water partition coefficient (Wildman–Crippen LogP) is -0.509. The van der Waals surface area contributed by atoms with Crippen LogP contribution in [-0.2, 0) is 4.79 Å². The smallest absolute Gasteiger partial charge is 0.249 e. The fraction of sp³-hybridized carbons (Fsp3) is 0.667. The minimum atomic E-state index is -0.204. The summed E-state index contributed by atoms with van der Waals surface area (Å²) in [5, 5.41) is 12.3. The molecule has 10 heavy (non-hydrogen) atoms. The highest BCUT2D eigenvalue weighted by atomic mass is 16.3. The molecule has 0 radical (unpaired) electrons. The molecule has 1 amide bonds. The van der Waals surface area contributed by atoms with Crippen molar-refractivity contribution in [2.24, 2.45) is 11.0 Å². The van der Waals surface area contributed by atoms with Crippen LogP contribution in [0.5, 0.6) is 0 Å². The van der Waals surface area contributed by atoms with Gasteiger partial charge in [-0.25, -0.2) is 5.43 Å². The van der Waals surface area contributed by atoms with Gasteiger partial charge in [-0.15, -0.1) is 0 Å². The van der Waals surface area contributed by atoms with Gasteiger partial charge in [0, 0.05) is 12.3 Å². The lowest BCUT2D eigenvalue weighted by atomic mass is 10.0. The Morgan fingerprint density at radius 2 is 2.50 bits per heavy atom. The summed E-state index contributed by atoms with van der Waals surface area (Å²) in [6.45, 7) is 1.81. The molecule has 0 aromatic heterocycles. The number of hydrazone groups is 1. The number of carbonyl (C=O) groups is 1. The van der Waals surface area contributed by atoms with Gasteiger partial charge >= 0.3 is 0 Å². The molecule has 2 N–H and O–H groups in total. The molecular formula is C6H10N2O2. The summed E-state index contributed by atoms with van der Waals surface area (Å²) in [4.78, 5) is 10.8. The summed E-state index contributed by atoms with van der Waals surface area (Å²) in [6, 6.07) is 0. The van der Waals surface area contributed by atoms with E-state index in [1.165, 1.54) is 0 Å². The number of aliphatic hydroxyl groups excluding tert-OH is 1. The van der Waals surface area contributed by atoms with Gasteiger partial charge in [-0.05, 0) is 13.3 Å². The van der Waals surface area contributed by atoms with Gasteiger partial charge in [-0.2, -0.15) is 5.10 Å². The first-order valence-corrected chi connectivity index (χ1v) is 3.20. The molecule has 0 fully saturated rings. The highest BCUT2D eigenvalue weighted by Gasteiger charge is 2.25. The van der Waals surface area contributed by atoms with Gasteiger partial charge in [0.15, 0.2) is 0 Å². The fourth-order valence-corrected chi connectivity index (χ4v) is 0.958. The lowest BCUT2D eigenvalue weighted by molar-refractivity contribution is -0.122. The van der Waals surface area contributed by atoms with Crippen LogP contribution in [-0.4, -0.2) is 23.3 Å². The first kappa shape index (κ1) is 7.21. The summed E-state index contributed by atoms with van der Waals surface area (Å²) < 4.78 is 0. The molecule has 0 aliphatic carbocycles. The maximum absolute atomic E-state index is 10.8. The number of carbonyl (C=O) groups excluding carboxylic acids is 1. The zero-order valence-electron chi connectivity index (χ0n) is 5.79. The minimum Gasteiger partial charge on any atom is -0.396 e. The average molecular weight is 142 g/mol. The molecule has 0 saturated carbocycles. The highest BCUT2D eigenvalue weighted by Crippen LogP contribution is 2.09. The number of hydrogen-bond donors (Lipinski definition) is 2. The Bertz CT molecular complexity index is 177. The average Bonchev–Trinajstić information content (AvgIpc) is 2.20. The van der Waals surface area contributed by atoms with E-state index in [-0.39, 0.29) is 18.4 Å². The van der Waals surface area contributed by atoms with E-state index in [1.54, 1.807) is 6.92 Å². The van der Waals surface area contributed by atoms with E-state index in [0.717, 1.165) is 5.71 Å². The predicted molar refractivity (Wildman–Crippen MR) is 36.4 cm³/mol. The Morgan fingerprint density at radius 3 is 2.90 bits per heavy atom. The summed E-state index contributed by atoms with van der Waals surface area (Å²) in [5.41, 5.74) is 3.11. The third kappa shape index (κ3) is 1.16. The van der Waals surface area contributed by atoms with Crippen LogP contribution in [0.25, 0.3) is 0 Å². The molecule has 56 valence electrons. The lowest BCUT2D eigenvalue weighted by Crippen LogP contribution is -2.22. The van der Waals surface area contributed by atoms with E-state index in [2.05, 4.69) is 10.5 Å². The molecule has 1 rings (SSSR count). The van der Waals surface area contributed by atoms with Crippen LogP contribution in [0.3, 0.4) is 0 Å². The maximum atomic E-state index is 10.8. The number of hydrogen-bond acceptors (Lipinski definition) is 3. The Labute approximate surface area is 58.9 Å². The van der Waals surface area contributed by atoms with Crippen molar-refractivity contribution >= 4 is 11.6 Å². The van der Waals surface area contributed by atoms with Crippen LogP contribution < -0.4 is 5.43 Å². The van der Waals surface area contributed by atoms with E-state index in [0.29, 0.717) is 6.42 Å². The summed E-state index contributed by atoms with van der Waals surface area (Å²) in [6.07, 6.45) is 0.473. The second-order valence-electron chi connectivity index (χ2n) is 2.29. The van der Waals surface area contributed by atoms with Crippen LogP contribution >= 0.6 is 0 Å². The van der Waals surface area contributed by atoms with Crippen molar-refractivity contribution in [3.05, 3.63) is 0 Å². The van der Waals surface area contributed by atoms with Gasteiger partial charge in [0.05, 0.1) is 5.92 Å². The van der Waals surface area contributed by atoms with Gasteiger partial charge < -0.3 is 5.11 Å². The fourth-order valence-electron chi connectivity index (χ4n) is 0.958. The second kappa shape index (κ2) is 2.79. The van der Waals surface area contributed by atoms with Gasteiger partial charge in [0.2, 0.25) is 5.91 Å². The standard InChI is InChI=1S/C6H10N2O2/c1-4-5(2-3-9)6(10)8-7-4/h5,9H,2-3H2,1H3,(H,8,10)/t5-/m1/s1. The highest BCUT2D eigenvalue weighted by molar-refractivity contribution is 6.06. The van der Waals surface area contributed by atoms with Crippen molar-refractivity contribution in [2.45, 2.75) is 13.3 Å². The van der Waals surface area contributed by atoms with E-state index in [1.807, 2.05) is 0 Å². The van der Waals surface area contributed by atoms with Gasteiger partial charge in [-0.3, -0.25) is 4.79 Å².